The van der Waals surface area contributed by atoms with Crippen LogP contribution >= 0.6 is 11.3 Å². The molecule has 0 spiro atoms. The minimum Gasteiger partial charge on any atom is -0.486 e. The Morgan fingerprint density at radius 3 is 2.62 bits per heavy atom. The molecule has 0 aliphatic carbocycles. The van der Waals surface area contributed by atoms with Crippen molar-refractivity contribution in [1.82, 2.24) is 5.32 Å². The number of nitrogens with one attached hydrogen (secondary N) is 1. The molecular weight excluding hydrogens is 354 g/mol. The van der Waals surface area contributed by atoms with E-state index >= 15 is 0 Å². The Kier molecular flexibility index (Phi) is 5.46. The minimum atomic E-state index is -0.478. The highest BCUT2D eigenvalue weighted by molar-refractivity contribution is 7.12. The molecule has 1 aliphatic rings. The van der Waals surface area contributed by atoms with Gasteiger partial charge in [0.2, 0.25) is 0 Å². The van der Waals surface area contributed by atoms with E-state index in [4.69, 9.17) is 14.2 Å². The standard InChI is InChI=1S/C19H21NO5S/c1-11-8-15(13(3)26-11)19(22)25-10-18(21)20-12(2)14-4-5-16-17(9-14)24-7-6-23-16/h4-5,8-9,12H,6-7,10H2,1-3H3,(H,20,21)/t12-/m0/s1. The average molecular weight is 375 g/mol. The van der Waals surface area contributed by atoms with Gasteiger partial charge >= 0.3 is 5.97 Å². The van der Waals surface area contributed by atoms with Crippen LogP contribution in [0.3, 0.4) is 0 Å². The van der Waals surface area contributed by atoms with Crippen LogP contribution in [0.4, 0.5) is 0 Å². The van der Waals surface area contributed by atoms with E-state index in [1.807, 2.05) is 39.0 Å². The molecule has 0 bridgehead atoms. The maximum atomic E-state index is 12.1. The second-order valence-electron chi connectivity index (χ2n) is 6.10. The van der Waals surface area contributed by atoms with Crippen molar-refractivity contribution < 1.29 is 23.8 Å². The fourth-order valence-corrected chi connectivity index (χ4v) is 3.65. The van der Waals surface area contributed by atoms with E-state index in [0.717, 1.165) is 15.3 Å². The molecule has 1 N–H and O–H groups in total. The lowest BCUT2D eigenvalue weighted by Crippen LogP contribution is -2.31. The van der Waals surface area contributed by atoms with Crippen molar-refractivity contribution in [2.75, 3.05) is 19.8 Å². The van der Waals surface area contributed by atoms with Crippen molar-refractivity contribution in [1.29, 1.82) is 0 Å². The third kappa shape index (κ3) is 4.16. The first-order valence-corrected chi connectivity index (χ1v) is 9.19. The quantitative estimate of drug-likeness (QED) is 0.813. The Bertz CT molecular complexity index is 829. The van der Waals surface area contributed by atoms with E-state index in [0.29, 0.717) is 30.3 Å². The number of thiophene rings is 1. The van der Waals surface area contributed by atoms with Crippen LogP contribution in [0.25, 0.3) is 0 Å². The molecule has 2 aromatic rings. The van der Waals surface area contributed by atoms with Gasteiger partial charge in [0.05, 0.1) is 11.6 Å². The number of aryl methyl sites for hydroxylation is 2. The second-order valence-corrected chi connectivity index (χ2v) is 7.56. The van der Waals surface area contributed by atoms with Crippen LogP contribution in [0, 0.1) is 13.8 Å². The molecule has 0 radical (unpaired) electrons. The van der Waals surface area contributed by atoms with Gasteiger partial charge in [-0.15, -0.1) is 11.3 Å². The molecular formula is C19H21NO5S. The fraction of sp³-hybridized carbons (Fsp3) is 0.368. The normalized spacial score (nSPS) is 13.8. The Labute approximate surface area is 156 Å². The van der Waals surface area contributed by atoms with Crippen LogP contribution in [0.1, 0.15) is 38.6 Å². The zero-order valence-electron chi connectivity index (χ0n) is 15.0. The summed E-state index contributed by atoms with van der Waals surface area (Å²) in [5, 5.41) is 2.82. The number of benzene rings is 1. The number of rotatable bonds is 5. The fourth-order valence-electron chi connectivity index (χ4n) is 2.74. The van der Waals surface area contributed by atoms with Gasteiger partial charge in [-0.25, -0.2) is 4.79 Å². The molecule has 1 aromatic heterocycles. The van der Waals surface area contributed by atoms with E-state index in [-0.39, 0.29) is 18.6 Å². The Morgan fingerprint density at radius 1 is 1.19 bits per heavy atom. The summed E-state index contributed by atoms with van der Waals surface area (Å²) in [6.45, 7) is 6.37. The van der Waals surface area contributed by atoms with Crippen molar-refractivity contribution >= 4 is 23.2 Å². The first-order valence-electron chi connectivity index (χ1n) is 8.37. The van der Waals surface area contributed by atoms with Crippen molar-refractivity contribution in [2.24, 2.45) is 0 Å². The van der Waals surface area contributed by atoms with E-state index in [9.17, 15) is 9.59 Å². The number of hydrogen-bond acceptors (Lipinski definition) is 6. The van der Waals surface area contributed by atoms with E-state index < -0.39 is 5.97 Å². The highest BCUT2D eigenvalue weighted by atomic mass is 32.1. The Hall–Kier alpha value is -2.54. The zero-order chi connectivity index (χ0) is 18.7. The van der Waals surface area contributed by atoms with Gasteiger partial charge in [0.25, 0.3) is 5.91 Å². The van der Waals surface area contributed by atoms with Crippen LogP contribution < -0.4 is 14.8 Å². The zero-order valence-corrected chi connectivity index (χ0v) is 15.8. The molecule has 6 nitrogen and oxygen atoms in total. The van der Waals surface area contributed by atoms with Gasteiger partial charge in [0, 0.05) is 9.75 Å². The summed E-state index contributed by atoms with van der Waals surface area (Å²) < 4.78 is 16.2. The molecule has 2 heterocycles. The molecule has 26 heavy (non-hydrogen) atoms. The summed E-state index contributed by atoms with van der Waals surface area (Å²) in [7, 11) is 0. The van der Waals surface area contributed by atoms with Gasteiger partial charge in [-0.05, 0) is 44.5 Å². The number of esters is 1. The summed E-state index contributed by atoms with van der Waals surface area (Å²) in [6.07, 6.45) is 0. The number of fused-ring (bicyclic) bond motifs is 1. The number of amides is 1. The monoisotopic (exact) mass is 375 g/mol. The lowest BCUT2D eigenvalue weighted by molar-refractivity contribution is -0.124. The molecule has 1 aromatic carbocycles. The number of ether oxygens (including phenoxy) is 3. The van der Waals surface area contributed by atoms with Crippen molar-refractivity contribution in [3.05, 3.63) is 45.1 Å². The van der Waals surface area contributed by atoms with Gasteiger partial charge in [-0.3, -0.25) is 4.79 Å². The van der Waals surface area contributed by atoms with Crippen LogP contribution in [0.5, 0.6) is 11.5 Å². The van der Waals surface area contributed by atoms with Gasteiger partial charge < -0.3 is 19.5 Å². The van der Waals surface area contributed by atoms with Crippen molar-refractivity contribution in [2.45, 2.75) is 26.8 Å². The van der Waals surface area contributed by atoms with E-state index in [1.165, 1.54) is 11.3 Å². The maximum Gasteiger partial charge on any atom is 0.339 e. The molecule has 0 fully saturated rings. The largest absolute Gasteiger partial charge is 0.486 e. The topological polar surface area (TPSA) is 73.9 Å². The van der Waals surface area contributed by atoms with E-state index in [2.05, 4.69) is 5.32 Å². The molecule has 1 amide bonds. The molecule has 3 rings (SSSR count). The van der Waals surface area contributed by atoms with Gasteiger partial charge in [0.1, 0.15) is 13.2 Å². The highest BCUT2D eigenvalue weighted by Gasteiger charge is 2.18. The van der Waals surface area contributed by atoms with Crippen LogP contribution in [0.15, 0.2) is 24.3 Å². The average Bonchev–Trinajstić information content (AvgIpc) is 2.97. The summed E-state index contributed by atoms with van der Waals surface area (Å²) in [5.74, 6) is 0.540. The second kappa shape index (κ2) is 7.78. The Morgan fingerprint density at radius 2 is 1.92 bits per heavy atom. The van der Waals surface area contributed by atoms with Gasteiger partial charge in [0.15, 0.2) is 18.1 Å². The molecule has 7 heteroatoms. The first-order chi connectivity index (χ1) is 12.4. The van der Waals surface area contributed by atoms with Crippen LogP contribution in [-0.2, 0) is 9.53 Å². The number of carbonyl (C=O) groups is 2. The third-order valence-corrected chi connectivity index (χ3v) is 5.00. The van der Waals surface area contributed by atoms with E-state index in [1.54, 1.807) is 6.07 Å². The van der Waals surface area contributed by atoms with Crippen LogP contribution in [-0.4, -0.2) is 31.7 Å². The summed E-state index contributed by atoms with van der Waals surface area (Å²) in [5.41, 5.74) is 1.40. The van der Waals surface area contributed by atoms with Crippen LogP contribution in [0.2, 0.25) is 0 Å². The predicted octanol–water partition coefficient (Wildman–Crippen LogP) is 3.17. The van der Waals surface area contributed by atoms with Gasteiger partial charge in [-0.1, -0.05) is 6.07 Å². The predicted molar refractivity (Wildman–Crippen MR) is 98.1 cm³/mol. The highest BCUT2D eigenvalue weighted by Crippen LogP contribution is 2.32. The summed E-state index contributed by atoms with van der Waals surface area (Å²) in [4.78, 5) is 26.1. The lowest BCUT2D eigenvalue weighted by atomic mass is 10.1. The van der Waals surface area contributed by atoms with Crippen molar-refractivity contribution in [3.8, 4) is 11.5 Å². The number of carbonyl (C=O) groups excluding carboxylic acids is 2. The molecule has 0 saturated heterocycles. The first kappa shape index (κ1) is 18.3. The smallest absolute Gasteiger partial charge is 0.339 e. The molecule has 0 unspecified atom stereocenters. The summed E-state index contributed by atoms with van der Waals surface area (Å²) in [6, 6.07) is 7.08. The molecule has 1 atom stereocenters. The molecule has 0 saturated carbocycles. The maximum absolute atomic E-state index is 12.1. The minimum absolute atomic E-state index is 0.248. The van der Waals surface area contributed by atoms with Crippen molar-refractivity contribution in [3.63, 3.8) is 0 Å². The van der Waals surface area contributed by atoms with Gasteiger partial charge in [-0.2, -0.15) is 0 Å². The third-order valence-electron chi connectivity index (χ3n) is 4.04. The molecule has 138 valence electrons. The SMILES string of the molecule is Cc1cc(C(=O)OCC(=O)N[C@@H](C)c2ccc3c(c2)OCCO3)c(C)s1. The Balaban J connectivity index is 1.54. The lowest BCUT2D eigenvalue weighted by Gasteiger charge is -2.21. The molecule has 1 aliphatic heterocycles. The summed E-state index contributed by atoms with van der Waals surface area (Å²) >= 11 is 1.53. The number of hydrogen-bond donors (Lipinski definition) is 1.